The minimum absolute atomic E-state index is 0.0784. The monoisotopic (exact) mass is 373 g/mol. The van der Waals surface area contributed by atoms with Crippen LogP contribution in [-0.4, -0.2) is 59.2 Å². The average Bonchev–Trinajstić information content (AvgIpc) is 2.66. The first-order chi connectivity index (χ1) is 12.5. The molecule has 0 saturated carbocycles. The molecule has 1 amide bonds. The third-order valence-corrected chi connectivity index (χ3v) is 5.03. The Balaban J connectivity index is 1.58. The van der Waals surface area contributed by atoms with Gasteiger partial charge in [-0.15, -0.1) is 10.2 Å². The van der Waals surface area contributed by atoms with Crippen LogP contribution in [0.15, 0.2) is 41.4 Å². The summed E-state index contributed by atoms with van der Waals surface area (Å²) in [6.45, 7) is 5.27. The highest BCUT2D eigenvalue weighted by atomic mass is 32.2. The number of aromatic nitrogens is 2. The number of hydrogen-bond donors (Lipinski definition) is 0. The molecule has 0 bridgehead atoms. The Labute approximate surface area is 157 Å². The van der Waals surface area contributed by atoms with Crippen LogP contribution < -0.4 is 4.74 Å². The highest BCUT2D eigenvalue weighted by Crippen LogP contribution is 2.23. The highest BCUT2D eigenvalue weighted by molar-refractivity contribution is 7.99. The normalized spacial score (nSPS) is 20.0. The van der Waals surface area contributed by atoms with Crippen LogP contribution in [0.2, 0.25) is 0 Å². The third kappa shape index (κ3) is 4.74. The zero-order valence-electron chi connectivity index (χ0n) is 15.2. The standard InChI is InChI=1S/C19H23N3O3S/c1-13-10-22(11-14(2)25-13)19(23)12-26-18-8-7-17(20-21-18)15-5-4-6-16(9-15)24-3/h4-9,13-14H,10-12H2,1-3H3. The number of carbonyl (C=O) groups excluding carboxylic acids is 1. The van der Waals surface area contributed by atoms with Gasteiger partial charge in [-0.3, -0.25) is 4.79 Å². The summed E-state index contributed by atoms with van der Waals surface area (Å²) in [5.41, 5.74) is 1.72. The summed E-state index contributed by atoms with van der Waals surface area (Å²) in [5.74, 6) is 1.24. The molecule has 1 aromatic heterocycles. The molecular weight excluding hydrogens is 350 g/mol. The summed E-state index contributed by atoms with van der Waals surface area (Å²) in [6, 6.07) is 11.5. The van der Waals surface area contributed by atoms with E-state index >= 15 is 0 Å². The summed E-state index contributed by atoms with van der Waals surface area (Å²) in [6.07, 6.45) is 0.157. The van der Waals surface area contributed by atoms with E-state index < -0.39 is 0 Å². The molecule has 1 aliphatic heterocycles. The molecule has 0 radical (unpaired) electrons. The second kappa shape index (κ2) is 8.51. The van der Waals surface area contributed by atoms with Crippen LogP contribution in [0.1, 0.15) is 13.8 Å². The molecule has 1 saturated heterocycles. The van der Waals surface area contributed by atoms with Gasteiger partial charge in [0, 0.05) is 18.7 Å². The van der Waals surface area contributed by atoms with E-state index in [0.717, 1.165) is 22.0 Å². The van der Waals surface area contributed by atoms with Gasteiger partial charge in [0.15, 0.2) is 0 Å². The average molecular weight is 373 g/mol. The lowest BCUT2D eigenvalue weighted by atomic mass is 10.1. The number of ether oxygens (including phenoxy) is 2. The molecule has 7 heteroatoms. The van der Waals surface area contributed by atoms with Crippen LogP contribution in [0.5, 0.6) is 5.75 Å². The van der Waals surface area contributed by atoms with E-state index in [-0.39, 0.29) is 18.1 Å². The molecule has 1 fully saturated rings. The molecule has 2 atom stereocenters. The topological polar surface area (TPSA) is 64.5 Å². The lowest BCUT2D eigenvalue weighted by molar-refractivity contribution is -0.140. The molecule has 2 heterocycles. The molecular formula is C19H23N3O3S. The van der Waals surface area contributed by atoms with Gasteiger partial charge < -0.3 is 14.4 Å². The van der Waals surface area contributed by atoms with Crippen LogP contribution in [0.4, 0.5) is 0 Å². The number of morpholine rings is 1. The van der Waals surface area contributed by atoms with Gasteiger partial charge in [0.2, 0.25) is 5.91 Å². The summed E-state index contributed by atoms with van der Waals surface area (Å²) < 4.78 is 10.9. The van der Waals surface area contributed by atoms with E-state index in [1.165, 1.54) is 11.8 Å². The molecule has 26 heavy (non-hydrogen) atoms. The van der Waals surface area contributed by atoms with Crippen molar-refractivity contribution in [3.05, 3.63) is 36.4 Å². The number of benzene rings is 1. The van der Waals surface area contributed by atoms with Crippen molar-refractivity contribution in [3.8, 4) is 17.0 Å². The molecule has 1 aromatic carbocycles. The Morgan fingerprint density at radius 3 is 2.65 bits per heavy atom. The molecule has 1 aliphatic rings. The SMILES string of the molecule is COc1cccc(-c2ccc(SCC(=O)N3CC(C)OC(C)C3)nn2)c1. The van der Waals surface area contributed by atoms with Gasteiger partial charge in [-0.05, 0) is 38.1 Å². The first kappa shape index (κ1) is 18.7. The van der Waals surface area contributed by atoms with Crippen LogP contribution >= 0.6 is 11.8 Å². The van der Waals surface area contributed by atoms with E-state index in [2.05, 4.69) is 10.2 Å². The first-order valence-corrected chi connectivity index (χ1v) is 9.58. The lowest BCUT2D eigenvalue weighted by Gasteiger charge is -2.35. The largest absolute Gasteiger partial charge is 0.497 e. The number of rotatable bonds is 5. The number of amides is 1. The molecule has 2 unspecified atom stereocenters. The predicted molar refractivity (Wildman–Crippen MR) is 101 cm³/mol. The zero-order chi connectivity index (χ0) is 18.5. The van der Waals surface area contributed by atoms with Gasteiger partial charge in [-0.1, -0.05) is 23.9 Å². The summed E-state index contributed by atoms with van der Waals surface area (Å²) >= 11 is 1.41. The van der Waals surface area contributed by atoms with Crippen molar-refractivity contribution in [3.63, 3.8) is 0 Å². The van der Waals surface area contributed by atoms with Crippen molar-refractivity contribution in [2.24, 2.45) is 0 Å². The van der Waals surface area contributed by atoms with E-state index in [9.17, 15) is 4.79 Å². The Hall–Kier alpha value is -2.12. The highest BCUT2D eigenvalue weighted by Gasteiger charge is 2.25. The van der Waals surface area contributed by atoms with Gasteiger partial charge in [-0.25, -0.2) is 0 Å². The van der Waals surface area contributed by atoms with Crippen LogP contribution in [-0.2, 0) is 9.53 Å². The van der Waals surface area contributed by atoms with Gasteiger partial charge in [0.1, 0.15) is 10.8 Å². The lowest BCUT2D eigenvalue weighted by Crippen LogP contribution is -2.48. The maximum Gasteiger partial charge on any atom is 0.233 e. The van der Waals surface area contributed by atoms with Gasteiger partial charge in [0.05, 0.1) is 30.8 Å². The van der Waals surface area contributed by atoms with Crippen molar-refractivity contribution < 1.29 is 14.3 Å². The fraction of sp³-hybridized carbons (Fsp3) is 0.421. The molecule has 0 spiro atoms. The zero-order valence-corrected chi connectivity index (χ0v) is 16.0. The molecule has 0 aliphatic carbocycles. The second-order valence-electron chi connectivity index (χ2n) is 6.33. The van der Waals surface area contributed by atoms with Crippen molar-refractivity contribution in [2.75, 3.05) is 26.0 Å². The van der Waals surface area contributed by atoms with Gasteiger partial charge in [-0.2, -0.15) is 0 Å². The fourth-order valence-electron chi connectivity index (χ4n) is 2.94. The molecule has 3 rings (SSSR count). The number of methoxy groups -OCH3 is 1. The van der Waals surface area contributed by atoms with Crippen molar-refractivity contribution >= 4 is 17.7 Å². The van der Waals surface area contributed by atoms with E-state index in [1.807, 2.05) is 55.1 Å². The predicted octanol–water partition coefficient (Wildman–Crippen LogP) is 2.88. The van der Waals surface area contributed by atoms with Gasteiger partial charge in [0.25, 0.3) is 0 Å². The van der Waals surface area contributed by atoms with E-state index in [1.54, 1.807) is 7.11 Å². The maximum atomic E-state index is 12.4. The number of thioether (sulfide) groups is 1. The van der Waals surface area contributed by atoms with E-state index in [4.69, 9.17) is 9.47 Å². The quantitative estimate of drug-likeness (QED) is 0.751. The van der Waals surface area contributed by atoms with Gasteiger partial charge >= 0.3 is 0 Å². The fourth-order valence-corrected chi connectivity index (χ4v) is 3.66. The van der Waals surface area contributed by atoms with E-state index in [0.29, 0.717) is 18.8 Å². The van der Waals surface area contributed by atoms with Crippen molar-refractivity contribution in [2.45, 2.75) is 31.1 Å². The second-order valence-corrected chi connectivity index (χ2v) is 7.33. The first-order valence-electron chi connectivity index (χ1n) is 8.59. The maximum absolute atomic E-state index is 12.4. The minimum atomic E-state index is 0.0784. The molecule has 2 aromatic rings. The minimum Gasteiger partial charge on any atom is -0.497 e. The Morgan fingerprint density at radius 1 is 1.23 bits per heavy atom. The Bertz CT molecular complexity index is 744. The Morgan fingerprint density at radius 2 is 2.00 bits per heavy atom. The number of nitrogens with zero attached hydrogens (tertiary/aromatic N) is 3. The van der Waals surface area contributed by atoms with Crippen LogP contribution in [0.3, 0.4) is 0 Å². The Kier molecular flexibility index (Phi) is 6.11. The number of carbonyl (C=O) groups is 1. The molecule has 138 valence electrons. The summed E-state index contributed by atoms with van der Waals surface area (Å²) in [7, 11) is 1.64. The van der Waals surface area contributed by atoms with Crippen LogP contribution in [0.25, 0.3) is 11.3 Å². The molecule has 0 N–H and O–H groups in total. The summed E-state index contributed by atoms with van der Waals surface area (Å²) in [4.78, 5) is 14.3. The van der Waals surface area contributed by atoms with Crippen molar-refractivity contribution in [1.82, 2.24) is 15.1 Å². The van der Waals surface area contributed by atoms with Crippen molar-refractivity contribution in [1.29, 1.82) is 0 Å². The smallest absolute Gasteiger partial charge is 0.233 e. The van der Waals surface area contributed by atoms with Crippen LogP contribution in [0, 0.1) is 0 Å². The molecule has 6 nitrogen and oxygen atoms in total. The number of hydrogen-bond acceptors (Lipinski definition) is 6. The summed E-state index contributed by atoms with van der Waals surface area (Å²) in [5, 5.41) is 9.24. The third-order valence-electron chi connectivity index (χ3n) is 4.12.